The van der Waals surface area contributed by atoms with Crippen LogP contribution in [0.4, 0.5) is 10.2 Å². The summed E-state index contributed by atoms with van der Waals surface area (Å²) in [7, 11) is -2.59. The smallest absolute Gasteiger partial charge is 0.351 e. The molecule has 2 rings (SSSR count). The minimum Gasteiger partial charge on any atom is -0.414 e. The Morgan fingerprint density at radius 2 is 1.70 bits per heavy atom. The summed E-state index contributed by atoms with van der Waals surface area (Å²) in [6.07, 6.45) is -1.88. The predicted molar refractivity (Wildman–Crippen MR) is 135 cm³/mol. The topological polar surface area (TPSA) is 91.8 Å². The first kappa shape index (κ1) is 28.1. The molecule has 0 aromatic carbocycles. The van der Waals surface area contributed by atoms with Gasteiger partial charge in [-0.1, -0.05) is 41.5 Å². The fourth-order valence-electron chi connectivity index (χ4n) is 3.18. The second-order valence-electron chi connectivity index (χ2n) is 12.0. The van der Waals surface area contributed by atoms with Gasteiger partial charge in [-0.3, -0.25) is 4.57 Å². The number of ether oxygens (including phenoxy) is 1. The molecule has 0 unspecified atom stereocenters. The number of hydrogen-bond acceptors (Lipinski definition) is 7. The molecule has 0 bridgehead atoms. The molecular formula is C22H43FN4O4Si2. The van der Waals surface area contributed by atoms with Crippen molar-refractivity contribution in [3.8, 4) is 0 Å². The van der Waals surface area contributed by atoms with Crippen molar-refractivity contribution in [2.24, 2.45) is 0 Å². The van der Waals surface area contributed by atoms with Gasteiger partial charge in [-0.15, -0.1) is 0 Å². The lowest BCUT2D eigenvalue weighted by Gasteiger charge is -2.42. The summed E-state index contributed by atoms with van der Waals surface area (Å²) in [5.74, 6) is 0.0809. The third-order valence-electron chi connectivity index (χ3n) is 7.43. The van der Waals surface area contributed by atoms with E-state index in [0.717, 1.165) is 4.57 Å². The molecule has 1 saturated heterocycles. The molecule has 1 aromatic heterocycles. The van der Waals surface area contributed by atoms with Gasteiger partial charge in [0.25, 0.3) is 0 Å². The number of nitrogens with zero attached hydrogens (tertiary/aromatic N) is 3. The van der Waals surface area contributed by atoms with E-state index in [9.17, 15) is 4.79 Å². The van der Waals surface area contributed by atoms with E-state index in [0.29, 0.717) is 0 Å². The van der Waals surface area contributed by atoms with E-state index in [2.05, 4.69) is 72.7 Å². The van der Waals surface area contributed by atoms with E-state index >= 15 is 4.39 Å². The van der Waals surface area contributed by atoms with Crippen molar-refractivity contribution in [3.63, 3.8) is 0 Å². The Morgan fingerprint density at radius 1 is 1.15 bits per heavy atom. The fraction of sp³-hybridized carbons (Fsp3) is 0.818. The van der Waals surface area contributed by atoms with Crippen molar-refractivity contribution in [1.82, 2.24) is 14.6 Å². The molecule has 1 aliphatic rings. The molecular weight excluding hydrogens is 459 g/mol. The number of anilines is 1. The standard InChI is InChI=1S/C22H43FN4O4Si2/c1-21(2,3)32(8,9)29-14-15-18(26(7)31-33(10,11)22(4,5)6)17(23)19(30-15)27-13-12-16(24)25-20(27)28/h12-13,15,17-19H,14H2,1-11H3,(H2,24,25,28)/t15-,17+,18-,19-/m1/s1. The number of rotatable bonds is 7. The fourth-order valence-corrected chi connectivity index (χ4v) is 5.31. The molecule has 2 heterocycles. The number of halogens is 1. The van der Waals surface area contributed by atoms with Crippen LogP contribution in [0.2, 0.25) is 36.3 Å². The van der Waals surface area contributed by atoms with Crippen LogP contribution >= 0.6 is 0 Å². The van der Waals surface area contributed by atoms with Crippen molar-refractivity contribution in [2.75, 3.05) is 19.4 Å². The lowest BCUT2D eigenvalue weighted by atomic mass is 10.1. The highest BCUT2D eigenvalue weighted by atomic mass is 28.4. The highest BCUT2D eigenvalue weighted by Gasteiger charge is 2.52. The van der Waals surface area contributed by atoms with Crippen molar-refractivity contribution < 1.29 is 18.1 Å². The number of hydroxylamine groups is 2. The summed E-state index contributed by atoms with van der Waals surface area (Å²) in [4.78, 5) is 16.2. The van der Waals surface area contributed by atoms with Crippen molar-refractivity contribution in [3.05, 3.63) is 22.7 Å². The van der Waals surface area contributed by atoms with Gasteiger partial charge in [0.2, 0.25) is 8.32 Å². The monoisotopic (exact) mass is 502 g/mol. The van der Waals surface area contributed by atoms with Crippen molar-refractivity contribution in [2.45, 2.75) is 102 Å². The van der Waals surface area contributed by atoms with E-state index in [1.54, 1.807) is 12.1 Å². The number of hydrogen-bond donors (Lipinski definition) is 1. The van der Waals surface area contributed by atoms with Gasteiger partial charge in [0.15, 0.2) is 20.7 Å². The number of nitrogen functional groups attached to an aromatic ring is 1. The van der Waals surface area contributed by atoms with Gasteiger partial charge in [-0.2, -0.15) is 10.0 Å². The third kappa shape index (κ3) is 6.12. The molecule has 8 nitrogen and oxygen atoms in total. The van der Waals surface area contributed by atoms with Crippen LogP contribution in [-0.2, 0) is 13.7 Å². The molecule has 0 saturated carbocycles. The maximum atomic E-state index is 16.0. The number of nitrogens with two attached hydrogens (primary N) is 1. The summed E-state index contributed by atoms with van der Waals surface area (Å²) in [5, 5.41) is 1.53. The summed E-state index contributed by atoms with van der Waals surface area (Å²) < 4.78 is 36.0. The van der Waals surface area contributed by atoms with Crippen LogP contribution < -0.4 is 11.4 Å². The van der Waals surface area contributed by atoms with Gasteiger partial charge in [-0.05, 0) is 42.3 Å². The van der Waals surface area contributed by atoms with Crippen molar-refractivity contribution in [1.29, 1.82) is 0 Å². The molecule has 1 aromatic rings. The minimum absolute atomic E-state index is 0.00300. The summed E-state index contributed by atoms with van der Waals surface area (Å²) in [5.41, 5.74) is 4.96. The van der Waals surface area contributed by atoms with Crippen LogP contribution in [-0.4, -0.2) is 63.2 Å². The highest BCUT2D eigenvalue weighted by Crippen LogP contribution is 2.41. The van der Waals surface area contributed by atoms with E-state index in [1.165, 1.54) is 12.3 Å². The molecule has 11 heteroatoms. The number of likely N-dealkylation sites (N-methyl/N-ethyl adjacent to an activating group) is 1. The van der Waals surface area contributed by atoms with Crippen LogP contribution in [0.25, 0.3) is 0 Å². The van der Waals surface area contributed by atoms with Gasteiger partial charge >= 0.3 is 5.69 Å². The predicted octanol–water partition coefficient (Wildman–Crippen LogP) is 4.32. The quantitative estimate of drug-likeness (QED) is 0.438. The van der Waals surface area contributed by atoms with Crippen LogP contribution in [0.15, 0.2) is 17.1 Å². The summed E-state index contributed by atoms with van der Waals surface area (Å²) in [6, 6.07) is 0.709. The Labute approximate surface area is 199 Å². The summed E-state index contributed by atoms with van der Waals surface area (Å²) in [6.45, 7) is 21.6. The average Bonchev–Trinajstić information content (AvgIpc) is 2.94. The number of aromatic nitrogens is 2. The molecule has 2 N–H and O–H groups in total. The maximum Gasteiger partial charge on any atom is 0.351 e. The zero-order chi connectivity index (χ0) is 25.6. The van der Waals surface area contributed by atoms with E-state index in [-0.39, 0.29) is 22.5 Å². The maximum absolute atomic E-state index is 16.0. The first-order valence-corrected chi connectivity index (χ1v) is 17.3. The minimum atomic E-state index is -2.23. The third-order valence-corrected chi connectivity index (χ3v) is 16.3. The zero-order valence-corrected chi connectivity index (χ0v) is 24.1. The van der Waals surface area contributed by atoms with Gasteiger partial charge in [0.05, 0.1) is 12.6 Å². The second-order valence-corrected chi connectivity index (χ2v) is 21.5. The molecule has 4 atom stereocenters. The van der Waals surface area contributed by atoms with E-state index < -0.39 is 46.9 Å². The Balaban J connectivity index is 2.37. The zero-order valence-electron chi connectivity index (χ0n) is 22.1. The molecule has 0 spiro atoms. The highest BCUT2D eigenvalue weighted by molar-refractivity contribution is 6.74. The molecule has 1 aliphatic heterocycles. The van der Waals surface area contributed by atoms with E-state index in [4.69, 9.17) is 19.4 Å². The van der Waals surface area contributed by atoms with Crippen molar-refractivity contribution >= 4 is 22.5 Å². The lowest BCUT2D eigenvalue weighted by molar-refractivity contribution is -0.119. The van der Waals surface area contributed by atoms with Crippen LogP contribution in [0.1, 0.15) is 47.8 Å². The molecule has 0 amide bonds. The Kier molecular flexibility index (Phi) is 8.10. The Morgan fingerprint density at radius 3 is 2.18 bits per heavy atom. The lowest BCUT2D eigenvalue weighted by Crippen LogP contribution is -2.54. The van der Waals surface area contributed by atoms with Gasteiger partial charge in [-0.25, -0.2) is 9.18 Å². The van der Waals surface area contributed by atoms with Crippen LogP contribution in [0.3, 0.4) is 0 Å². The SMILES string of the molecule is CN(O[Si](C)(C)C(C)(C)C)[C@H]1[C@H](F)[C@H](n2ccc(N)nc2=O)O[C@@H]1CO[Si](C)(C)C(C)(C)C. The molecule has 0 radical (unpaired) electrons. The summed E-state index contributed by atoms with van der Waals surface area (Å²) >= 11 is 0. The molecule has 33 heavy (non-hydrogen) atoms. The largest absolute Gasteiger partial charge is 0.414 e. The molecule has 190 valence electrons. The number of alkyl halides is 1. The normalized spacial score (nSPS) is 25.1. The van der Waals surface area contributed by atoms with Gasteiger partial charge < -0.3 is 19.4 Å². The van der Waals surface area contributed by atoms with Gasteiger partial charge in [0, 0.05) is 13.2 Å². The van der Waals surface area contributed by atoms with E-state index in [1.807, 2.05) is 0 Å². The van der Waals surface area contributed by atoms with Gasteiger partial charge in [0.1, 0.15) is 11.9 Å². The average molecular weight is 503 g/mol. The molecule has 1 fully saturated rings. The first-order chi connectivity index (χ1) is 14.8. The second kappa shape index (κ2) is 9.50. The van der Waals surface area contributed by atoms with Crippen LogP contribution in [0.5, 0.6) is 0 Å². The first-order valence-electron chi connectivity index (χ1n) is 11.5. The molecule has 0 aliphatic carbocycles. The van der Waals surface area contributed by atoms with Crippen LogP contribution in [0, 0.1) is 0 Å². The Hall–Kier alpha value is -1.12. The Bertz CT molecular complexity index is 882.